The molecule has 0 unspecified atom stereocenters. The highest BCUT2D eigenvalue weighted by Crippen LogP contribution is 2.38. The molecule has 4 nitrogen and oxygen atoms in total. The molecule has 3 rings (SSSR count). The lowest BCUT2D eigenvalue weighted by Gasteiger charge is -2.14. The Labute approximate surface area is 147 Å². The van der Waals surface area contributed by atoms with Crippen molar-refractivity contribution in [3.8, 4) is 11.3 Å². The van der Waals surface area contributed by atoms with E-state index in [-0.39, 0.29) is 11.3 Å². The van der Waals surface area contributed by atoms with Crippen LogP contribution in [0.5, 0.6) is 0 Å². The number of halogens is 4. The first-order valence-electron chi connectivity index (χ1n) is 7.90. The van der Waals surface area contributed by atoms with Crippen LogP contribution in [-0.2, 0) is 23.8 Å². The molecule has 1 atom stereocenters. The minimum atomic E-state index is -4.55. The van der Waals surface area contributed by atoms with Gasteiger partial charge in [-0.25, -0.2) is 0 Å². The summed E-state index contributed by atoms with van der Waals surface area (Å²) < 4.78 is 45.0. The average Bonchev–Trinajstić information content (AvgIpc) is 2.97. The molecule has 0 radical (unpaired) electrons. The third-order valence-corrected chi connectivity index (χ3v) is 4.31. The summed E-state index contributed by atoms with van der Waals surface area (Å²) >= 11 is 5.68. The molecule has 0 bridgehead atoms. The van der Waals surface area contributed by atoms with Crippen molar-refractivity contribution in [1.82, 2.24) is 5.16 Å². The fourth-order valence-corrected chi connectivity index (χ4v) is 2.91. The maximum Gasteiger partial charge on any atom is 0.416 e. The molecule has 2 aromatic rings. The van der Waals surface area contributed by atoms with Crippen molar-refractivity contribution in [3.05, 3.63) is 35.0 Å². The van der Waals surface area contributed by atoms with Gasteiger partial charge in [-0.3, -0.25) is 4.79 Å². The number of nitrogens with one attached hydrogen (secondary N) is 1. The summed E-state index contributed by atoms with van der Waals surface area (Å²) in [7, 11) is 0. The van der Waals surface area contributed by atoms with Crippen molar-refractivity contribution in [1.29, 1.82) is 0 Å². The lowest BCUT2D eigenvalue weighted by Crippen LogP contribution is -2.20. The Morgan fingerprint density at radius 1 is 1.28 bits per heavy atom. The maximum absolute atomic E-state index is 13.2. The molecule has 0 fully saturated rings. The molecule has 0 aliphatic heterocycles. The highest BCUT2D eigenvalue weighted by Gasteiger charge is 2.32. The first-order valence-corrected chi connectivity index (χ1v) is 8.34. The molecule has 8 heteroatoms. The minimum Gasteiger partial charge on any atom is -0.356 e. The van der Waals surface area contributed by atoms with E-state index in [0.29, 0.717) is 12.2 Å². The molecular formula is C17H16ClF3N2O2. The molecule has 1 N–H and O–H groups in total. The van der Waals surface area contributed by atoms with Crippen molar-refractivity contribution >= 4 is 23.2 Å². The summed E-state index contributed by atoms with van der Waals surface area (Å²) in [4.78, 5) is 11.7. The largest absolute Gasteiger partial charge is 0.416 e. The van der Waals surface area contributed by atoms with Gasteiger partial charge in [-0.05, 0) is 50.8 Å². The molecule has 1 aliphatic rings. The smallest absolute Gasteiger partial charge is 0.356 e. The zero-order chi connectivity index (χ0) is 18.2. The fourth-order valence-electron chi connectivity index (χ4n) is 2.85. The normalized spacial score (nSPS) is 15.6. The van der Waals surface area contributed by atoms with Gasteiger partial charge in [0, 0.05) is 16.8 Å². The first-order chi connectivity index (χ1) is 11.8. The predicted octanol–water partition coefficient (Wildman–Crippen LogP) is 4.81. The zero-order valence-electron chi connectivity index (χ0n) is 13.4. The molecule has 25 heavy (non-hydrogen) atoms. The number of rotatable bonds is 3. The van der Waals surface area contributed by atoms with E-state index >= 15 is 0 Å². The predicted molar refractivity (Wildman–Crippen MR) is 87.5 cm³/mol. The molecule has 1 amide bonds. The molecule has 0 spiro atoms. The van der Waals surface area contributed by atoms with Gasteiger partial charge in [-0.2, -0.15) is 13.2 Å². The van der Waals surface area contributed by atoms with Crippen molar-refractivity contribution < 1.29 is 22.5 Å². The molecule has 1 aliphatic carbocycles. The van der Waals surface area contributed by atoms with Gasteiger partial charge in [-0.1, -0.05) is 5.16 Å². The summed E-state index contributed by atoms with van der Waals surface area (Å²) in [6, 6.07) is 3.33. The molecular weight excluding hydrogens is 357 g/mol. The van der Waals surface area contributed by atoms with Crippen LogP contribution in [0.25, 0.3) is 11.3 Å². The van der Waals surface area contributed by atoms with Gasteiger partial charge in [0.05, 0.1) is 11.3 Å². The Balaban J connectivity index is 2.06. The molecule has 1 aromatic carbocycles. The number of fused-ring (bicyclic) bond motifs is 1. The van der Waals surface area contributed by atoms with Gasteiger partial charge in [0.1, 0.15) is 5.38 Å². The topological polar surface area (TPSA) is 55.1 Å². The Hall–Kier alpha value is -2.02. The highest BCUT2D eigenvalue weighted by atomic mass is 35.5. The maximum atomic E-state index is 13.2. The van der Waals surface area contributed by atoms with Crippen LogP contribution in [0.4, 0.5) is 18.9 Å². The Bertz CT molecular complexity index is 800. The number of nitrogens with zero attached hydrogens (tertiary/aromatic N) is 1. The first kappa shape index (κ1) is 17.8. The highest BCUT2D eigenvalue weighted by molar-refractivity contribution is 6.32. The van der Waals surface area contributed by atoms with E-state index < -0.39 is 23.0 Å². The number of carbonyl (C=O) groups is 1. The second-order valence-electron chi connectivity index (χ2n) is 6.05. The fraction of sp³-hybridized carbons (Fsp3) is 0.412. The van der Waals surface area contributed by atoms with Crippen LogP contribution < -0.4 is 5.32 Å². The number of alkyl halides is 4. The average molecular weight is 373 g/mol. The number of hydrogen-bond acceptors (Lipinski definition) is 3. The number of benzene rings is 1. The van der Waals surface area contributed by atoms with Crippen molar-refractivity contribution in [2.24, 2.45) is 0 Å². The van der Waals surface area contributed by atoms with Gasteiger partial charge < -0.3 is 9.84 Å². The SMILES string of the molecule is C[C@@H](Cl)C(=O)Nc1cc(-c2onc3c2CCCC3)cc(C(F)(F)F)c1. The molecule has 134 valence electrons. The second-order valence-corrected chi connectivity index (χ2v) is 6.70. The van der Waals surface area contributed by atoms with Crippen LogP contribution >= 0.6 is 11.6 Å². The van der Waals surface area contributed by atoms with Gasteiger partial charge in [0.25, 0.3) is 0 Å². The number of carbonyl (C=O) groups excluding carboxylic acids is 1. The Morgan fingerprint density at radius 2 is 2.00 bits per heavy atom. The number of anilines is 1. The number of aromatic nitrogens is 1. The summed E-state index contributed by atoms with van der Waals surface area (Å²) in [5, 5.41) is 5.52. The van der Waals surface area contributed by atoms with Gasteiger partial charge in [0.2, 0.25) is 5.91 Å². The van der Waals surface area contributed by atoms with Crippen LogP contribution in [0.1, 0.15) is 36.6 Å². The van der Waals surface area contributed by atoms with Crippen molar-refractivity contribution in [2.45, 2.75) is 44.2 Å². The summed E-state index contributed by atoms with van der Waals surface area (Å²) in [6.07, 6.45) is -1.16. The van der Waals surface area contributed by atoms with E-state index in [1.54, 1.807) is 0 Å². The van der Waals surface area contributed by atoms with Crippen molar-refractivity contribution in [3.63, 3.8) is 0 Å². The number of hydrogen-bond donors (Lipinski definition) is 1. The quantitative estimate of drug-likeness (QED) is 0.787. The summed E-state index contributed by atoms with van der Waals surface area (Å²) in [5.41, 5.74) is 1.02. The molecule has 0 saturated carbocycles. The van der Waals surface area contributed by atoms with Crippen molar-refractivity contribution in [2.75, 3.05) is 5.32 Å². The minimum absolute atomic E-state index is 0.0169. The van der Waals surface area contributed by atoms with Gasteiger partial charge >= 0.3 is 6.18 Å². The monoisotopic (exact) mass is 372 g/mol. The second kappa shape index (κ2) is 6.71. The van der Waals surface area contributed by atoms with E-state index in [1.807, 2.05) is 0 Å². The third kappa shape index (κ3) is 3.81. The van der Waals surface area contributed by atoms with Crippen LogP contribution in [0, 0.1) is 0 Å². The Kier molecular flexibility index (Phi) is 4.77. The number of aryl methyl sites for hydroxylation is 1. The Morgan fingerprint density at radius 3 is 2.68 bits per heavy atom. The molecule has 1 heterocycles. The van der Waals surface area contributed by atoms with Gasteiger partial charge in [0.15, 0.2) is 5.76 Å². The molecule has 0 saturated heterocycles. The lowest BCUT2D eigenvalue weighted by molar-refractivity contribution is -0.137. The van der Waals surface area contributed by atoms with E-state index in [1.165, 1.54) is 13.0 Å². The molecule has 1 aromatic heterocycles. The zero-order valence-corrected chi connectivity index (χ0v) is 14.2. The van der Waals surface area contributed by atoms with E-state index in [9.17, 15) is 18.0 Å². The van der Waals surface area contributed by atoms with E-state index in [4.69, 9.17) is 16.1 Å². The number of amides is 1. The van der Waals surface area contributed by atoms with Gasteiger partial charge in [-0.15, -0.1) is 11.6 Å². The summed E-state index contributed by atoms with van der Waals surface area (Å²) in [6.45, 7) is 1.44. The standard InChI is InChI=1S/C17H16ClF3N2O2/c1-9(18)16(24)22-12-7-10(6-11(8-12)17(19,20)21)15-13-4-2-3-5-14(13)23-25-15/h6-9H,2-5H2,1H3,(H,22,24)/t9-/m1/s1. The van der Waals surface area contributed by atoms with Crippen LogP contribution in [0.2, 0.25) is 0 Å². The van der Waals surface area contributed by atoms with Crippen LogP contribution in [0.3, 0.4) is 0 Å². The lowest BCUT2D eigenvalue weighted by atomic mass is 9.93. The van der Waals surface area contributed by atoms with E-state index in [2.05, 4.69) is 10.5 Å². The van der Waals surface area contributed by atoms with E-state index in [0.717, 1.165) is 42.7 Å². The van der Waals surface area contributed by atoms with Crippen LogP contribution in [-0.4, -0.2) is 16.4 Å². The van der Waals surface area contributed by atoms with Crippen LogP contribution in [0.15, 0.2) is 22.7 Å². The summed E-state index contributed by atoms with van der Waals surface area (Å²) in [5.74, 6) is -0.248. The third-order valence-electron chi connectivity index (χ3n) is 4.11.